The molecule has 0 aromatic heterocycles. The molecule has 0 atom stereocenters. The largest absolute Gasteiger partial charge is 0.207 e. The van der Waals surface area contributed by atoms with Gasteiger partial charge in [0.15, 0.2) is 0 Å². The summed E-state index contributed by atoms with van der Waals surface area (Å²) in [7, 11) is 0. The monoisotopic (exact) mass is 398 g/mol. The third-order valence-electron chi connectivity index (χ3n) is 7.10. The predicted octanol–water partition coefficient (Wildman–Crippen LogP) is 8.10. The maximum atomic E-state index is 14.8. The van der Waals surface area contributed by atoms with Crippen molar-refractivity contribution in [3.05, 3.63) is 70.7 Å². The van der Waals surface area contributed by atoms with Gasteiger partial charge in [0, 0.05) is 11.1 Å². The molecular weight excluding hydrogens is 369 g/mol. The van der Waals surface area contributed by atoms with Gasteiger partial charge in [-0.3, -0.25) is 0 Å². The Labute approximate surface area is 172 Å². The van der Waals surface area contributed by atoms with Gasteiger partial charge in [-0.2, -0.15) is 0 Å². The Morgan fingerprint density at radius 3 is 1.86 bits per heavy atom. The van der Waals surface area contributed by atoms with Crippen molar-refractivity contribution < 1.29 is 13.2 Å². The Kier molecular flexibility index (Phi) is 6.03. The van der Waals surface area contributed by atoms with Crippen LogP contribution in [0.25, 0.3) is 11.1 Å². The van der Waals surface area contributed by atoms with Crippen molar-refractivity contribution in [1.82, 2.24) is 0 Å². The summed E-state index contributed by atoms with van der Waals surface area (Å²) in [6.45, 7) is 3.66. The molecule has 0 spiro atoms. The molecule has 0 amide bonds. The van der Waals surface area contributed by atoms with Gasteiger partial charge >= 0.3 is 0 Å². The van der Waals surface area contributed by atoms with Crippen molar-refractivity contribution in [2.75, 3.05) is 0 Å². The molecule has 0 unspecified atom stereocenters. The van der Waals surface area contributed by atoms with Crippen LogP contribution < -0.4 is 0 Å². The first-order valence-corrected chi connectivity index (χ1v) is 10.8. The van der Waals surface area contributed by atoms with Crippen LogP contribution in [0.2, 0.25) is 0 Å². The van der Waals surface area contributed by atoms with Gasteiger partial charge in [0.2, 0.25) is 0 Å². The van der Waals surface area contributed by atoms with E-state index in [4.69, 9.17) is 0 Å². The van der Waals surface area contributed by atoms with Crippen LogP contribution in [0.3, 0.4) is 0 Å². The molecule has 2 saturated carbocycles. The number of hydrogen-bond acceptors (Lipinski definition) is 0. The topological polar surface area (TPSA) is 0 Å². The van der Waals surface area contributed by atoms with E-state index < -0.39 is 17.5 Å². The van der Waals surface area contributed by atoms with Crippen molar-refractivity contribution >= 4 is 0 Å². The normalized spacial score (nSPS) is 20.3. The lowest BCUT2D eigenvalue weighted by Crippen LogP contribution is -2.22. The lowest BCUT2D eigenvalue weighted by atomic mass is 9.68. The zero-order valence-corrected chi connectivity index (χ0v) is 17.3. The maximum absolute atomic E-state index is 14.8. The number of rotatable bonds is 3. The lowest BCUT2D eigenvalue weighted by molar-refractivity contribution is 0.324. The molecule has 0 aliphatic heterocycles. The third-order valence-corrected chi connectivity index (χ3v) is 7.10. The molecule has 0 heterocycles. The van der Waals surface area contributed by atoms with Gasteiger partial charge < -0.3 is 0 Å². The Hall–Kier alpha value is -1.77. The molecule has 2 aliphatic rings. The fourth-order valence-corrected chi connectivity index (χ4v) is 5.07. The smallest absolute Gasteiger partial charge is 0.131 e. The van der Waals surface area contributed by atoms with Gasteiger partial charge in [-0.05, 0) is 111 Å². The van der Waals surface area contributed by atoms with Crippen LogP contribution >= 0.6 is 0 Å². The molecule has 2 radical (unpaired) electrons. The Balaban J connectivity index is 1.44. The highest BCUT2D eigenvalue weighted by molar-refractivity contribution is 5.65. The minimum absolute atomic E-state index is 0.0361. The standard InChI is InChI=1S/C26H29F3/c1-16-3-5-18(6-4-16)19-7-9-20(10-8-19)21-11-12-23(26(29)13-21)22-14-24(27)17(2)25(28)15-22/h11-15,18,20H,3-10H2,1-2H3. The summed E-state index contributed by atoms with van der Waals surface area (Å²) in [5.74, 6) is 2.81. The Morgan fingerprint density at radius 1 is 0.690 bits per heavy atom. The molecule has 29 heavy (non-hydrogen) atoms. The molecule has 3 heteroatoms. The predicted molar refractivity (Wildman–Crippen MR) is 112 cm³/mol. The average Bonchev–Trinajstić information content (AvgIpc) is 2.72. The van der Waals surface area contributed by atoms with Crippen LogP contribution in [0.15, 0.2) is 30.3 Å². The van der Waals surface area contributed by atoms with Crippen molar-refractivity contribution in [1.29, 1.82) is 0 Å². The van der Waals surface area contributed by atoms with Crippen LogP contribution in [-0.4, -0.2) is 0 Å². The van der Waals surface area contributed by atoms with E-state index >= 15 is 0 Å². The third kappa shape index (κ3) is 4.39. The van der Waals surface area contributed by atoms with Gasteiger partial charge in [-0.15, -0.1) is 0 Å². The van der Waals surface area contributed by atoms with Crippen LogP contribution in [0.5, 0.6) is 0 Å². The molecule has 4 rings (SSSR count). The maximum Gasteiger partial charge on any atom is 0.131 e. The zero-order valence-electron chi connectivity index (χ0n) is 17.3. The van der Waals surface area contributed by atoms with Crippen LogP contribution in [0.1, 0.15) is 75.3 Å². The second kappa shape index (κ2) is 8.53. The molecule has 0 N–H and O–H groups in total. The molecule has 0 saturated heterocycles. The first-order valence-electron chi connectivity index (χ1n) is 10.8. The minimum Gasteiger partial charge on any atom is -0.207 e. The summed E-state index contributed by atoms with van der Waals surface area (Å²) in [6, 6.07) is 7.60. The van der Waals surface area contributed by atoms with Crippen molar-refractivity contribution in [2.45, 2.75) is 71.1 Å². The van der Waals surface area contributed by atoms with Crippen molar-refractivity contribution in [2.24, 2.45) is 5.92 Å². The molecule has 0 bridgehead atoms. The first-order chi connectivity index (χ1) is 13.9. The summed E-state index contributed by atoms with van der Waals surface area (Å²) in [6.07, 6.45) is 9.58. The van der Waals surface area contributed by atoms with Gasteiger partial charge in [0.25, 0.3) is 0 Å². The Bertz CT molecular complexity index is 833. The van der Waals surface area contributed by atoms with E-state index in [0.717, 1.165) is 37.2 Å². The fraction of sp³-hybridized carbons (Fsp3) is 0.462. The average molecular weight is 399 g/mol. The molecule has 154 valence electrons. The van der Waals surface area contributed by atoms with Crippen molar-refractivity contribution in [3.63, 3.8) is 0 Å². The van der Waals surface area contributed by atoms with Gasteiger partial charge in [0.1, 0.15) is 17.5 Å². The summed E-state index contributed by atoms with van der Waals surface area (Å²) in [5, 5.41) is 0. The minimum atomic E-state index is -0.644. The van der Waals surface area contributed by atoms with Crippen molar-refractivity contribution in [3.8, 4) is 11.1 Å². The summed E-state index contributed by atoms with van der Waals surface area (Å²) in [5.41, 5.74) is 1.47. The summed E-state index contributed by atoms with van der Waals surface area (Å²) in [4.78, 5) is 0. The SMILES string of the molecule is C[C]1CCC([C]2CCC(c3ccc(-c4cc(F)c(C)c(F)c4)c(F)c3)CC2)CC1. The molecule has 2 aliphatic carbocycles. The highest BCUT2D eigenvalue weighted by atomic mass is 19.1. The van der Waals surface area contributed by atoms with E-state index in [9.17, 15) is 13.2 Å². The van der Waals surface area contributed by atoms with E-state index in [0.29, 0.717) is 5.92 Å². The molecule has 2 aromatic carbocycles. The van der Waals surface area contributed by atoms with Gasteiger partial charge in [-0.1, -0.05) is 19.1 Å². The van der Waals surface area contributed by atoms with Gasteiger partial charge in [-0.25, -0.2) is 13.2 Å². The van der Waals surface area contributed by atoms with E-state index in [1.165, 1.54) is 44.7 Å². The number of benzene rings is 2. The zero-order chi connectivity index (χ0) is 20.5. The second-order valence-corrected chi connectivity index (χ2v) is 8.97. The second-order valence-electron chi connectivity index (χ2n) is 8.97. The Morgan fingerprint density at radius 2 is 1.28 bits per heavy atom. The van der Waals surface area contributed by atoms with E-state index in [1.54, 1.807) is 24.0 Å². The lowest BCUT2D eigenvalue weighted by Gasteiger charge is -2.37. The fourth-order valence-electron chi connectivity index (χ4n) is 5.07. The van der Waals surface area contributed by atoms with Crippen LogP contribution in [-0.2, 0) is 0 Å². The quantitative estimate of drug-likeness (QED) is 0.490. The number of halogens is 3. The highest BCUT2D eigenvalue weighted by Gasteiger charge is 2.31. The first kappa shape index (κ1) is 20.5. The molecule has 2 fully saturated rings. The van der Waals surface area contributed by atoms with Crippen LogP contribution in [0.4, 0.5) is 13.2 Å². The van der Waals surface area contributed by atoms with Crippen LogP contribution in [0, 0.1) is 42.1 Å². The van der Waals surface area contributed by atoms with E-state index in [2.05, 4.69) is 6.92 Å². The highest BCUT2D eigenvalue weighted by Crippen LogP contribution is 2.45. The molecule has 2 aromatic rings. The molecular formula is C26H29F3. The van der Waals surface area contributed by atoms with E-state index in [-0.39, 0.29) is 16.7 Å². The number of hydrogen-bond donors (Lipinski definition) is 0. The van der Waals surface area contributed by atoms with E-state index in [1.807, 2.05) is 6.07 Å². The van der Waals surface area contributed by atoms with Gasteiger partial charge in [0.05, 0.1) is 0 Å². The summed E-state index contributed by atoms with van der Waals surface area (Å²) < 4.78 is 42.6. The molecule has 0 nitrogen and oxygen atoms in total. The summed E-state index contributed by atoms with van der Waals surface area (Å²) >= 11 is 0.